The van der Waals surface area contributed by atoms with Crippen molar-refractivity contribution in [2.75, 3.05) is 13.1 Å². The lowest BCUT2D eigenvalue weighted by Gasteiger charge is -2.42. The zero-order valence-electron chi connectivity index (χ0n) is 22.8. The van der Waals surface area contributed by atoms with Gasteiger partial charge < -0.3 is 19.3 Å². The molecule has 34 heavy (non-hydrogen) atoms. The lowest BCUT2D eigenvalue weighted by Crippen LogP contribution is -2.56. The third kappa shape index (κ3) is 13.8. The van der Waals surface area contributed by atoms with Gasteiger partial charge in [-0.2, -0.15) is 0 Å². The van der Waals surface area contributed by atoms with Crippen molar-refractivity contribution in [1.29, 1.82) is 0 Å². The van der Waals surface area contributed by atoms with E-state index >= 15 is 0 Å². The molecule has 9 heteroatoms. The van der Waals surface area contributed by atoms with E-state index in [2.05, 4.69) is 5.32 Å². The van der Waals surface area contributed by atoms with E-state index < -0.39 is 20.1 Å². The number of hydroxylamine groups is 2. The van der Waals surface area contributed by atoms with Crippen LogP contribution < -0.4 is 5.32 Å². The summed E-state index contributed by atoms with van der Waals surface area (Å²) in [6.07, 6.45) is 7.87. The van der Waals surface area contributed by atoms with Crippen LogP contribution in [0.2, 0.25) is 13.1 Å². The van der Waals surface area contributed by atoms with Gasteiger partial charge in [0.25, 0.3) is 0 Å². The highest BCUT2D eigenvalue weighted by Gasteiger charge is 2.40. The Morgan fingerprint density at radius 1 is 1.12 bits per heavy atom. The van der Waals surface area contributed by atoms with E-state index in [0.29, 0.717) is 25.4 Å². The summed E-state index contributed by atoms with van der Waals surface area (Å²) in [6.45, 7) is 17.0. The van der Waals surface area contributed by atoms with Crippen molar-refractivity contribution in [3.05, 3.63) is 0 Å². The van der Waals surface area contributed by atoms with E-state index in [9.17, 15) is 9.59 Å². The first kappa shape index (κ1) is 31.0. The van der Waals surface area contributed by atoms with Crippen molar-refractivity contribution in [3.63, 3.8) is 0 Å². The molecule has 0 spiro atoms. The lowest BCUT2D eigenvalue weighted by atomic mass is 9.83. The number of hydrogen-bond donors (Lipinski definition) is 2. The van der Waals surface area contributed by atoms with Crippen molar-refractivity contribution in [2.45, 2.75) is 129 Å². The number of hydrogen-bond acceptors (Lipinski definition) is 6. The molecule has 1 saturated carbocycles. The monoisotopic (exact) mass is 502 g/mol. The third-order valence-electron chi connectivity index (χ3n) is 5.62. The van der Waals surface area contributed by atoms with Crippen LogP contribution in [0.4, 0.5) is 0 Å². The van der Waals surface area contributed by atoms with E-state index in [0.717, 1.165) is 25.7 Å². The van der Waals surface area contributed by atoms with Gasteiger partial charge in [0, 0.05) is 13.0 Å². The summed E-state index contributed by atoms with van der Waals surface area (Å²) in [4.78, 5) is 29.2. The molecule has 2 N–H and O–H groups in total. The van der Waals surface area contributed by atoms with Gasteiger partial charge in [-0.15, -0.1) is 0 Å². The second kappa shape index (κ2) is 13.9. The zero-order valence-corrected chi connectivity index (χ0v) is 23.8. The second-order valence-corrected chi connectivity index (χ2v) is 15.2. The number of carboxylic acid groups (broad SMARTS) is 1. The lowest BCUT2D eigenvalue weighted by molar-refractivity contribution is -0.244. The van der Waals surface area contributed by atoms with Crippen LogP contribution in [0.25, 0.3) is 0 Å². The molecule has 1 fully saturated rings. The first-order chi connectivity index (χ1) is 15.6. The molecule has 1 rings (SSSR count). The molecular weight excluding hydrogens is 452 g/mol. The Morgan fingerprint density at radius 2 is 1.74 bits per heavy atom. The molecule has 0 saturated heterocycles. The third-order valence-corrected chi connectivity index (χ3v) is 7.59. The molecule has 0 aromatic carbocycles. The molecule has 8 nitrogen and oxygen atoms in total. The van der Waals surface area contributed by atoms with Gasteiger partial charge in [0.2, 0.25) is 6.41 Å². The standard InChI is InChI=1S/C25H50N2O6Si/c1-24(2,3)32-27(19-28)21(17-20-13-10-9-11-14-20)22(18-26-16-12-15-23(29)30)31-34(7,8)33-25(4,5)6/h19-22,26H,9-18H2,1-8H3,(H,29,30). The predicted molar refractivity (Wildman–Crippen MR) is 137 cm³/mol. The maximum atomic E-state index is 12.3. The SMILES string of the molecule is CC(C)(C)ON(C=O)C(CC1CCCCC1)C(CNCCCC(=O)O)O[Si](C)(C)OC(C)(C)C. The van der Waals surface area contributed by atoms with E-state index in [-0.39, 0.29) is 24.2 Å². The Morgan fingerprint density at radius 3 is 2.24 bits per heavy atom. The van der Waals surface area contributed by atoms with Crippen LogP contribution in [-0.4, -0.2) is 67.5 Å². The van der Waals surface area contributed by atoms with Crippen LogP contribution in [0.3, 0.4) is 0 Å². The number of carboxylic acids is 1. The normalized spacial score (nSPS) is 17.9. The minimum absolute atomic E-state index is 0.116. The maximum Gasteiger partial charge on any atom is 0.332 e. The molecule has 0 bridgehead atoms. The molecule has 1 amide bonds. The molecule has 0 heterocycles. The van der Waals surface area contributed by atoms with Crippen LogP contribution in [0.1, 0.15) is 92.9 Å². The number of aliphatic carboxylic acids is 1. The van der Waals surface area contributed by atoms with Gasteiger partial charge in [-0.1, -0.05) is 32.1 Å². The summed E-state index contributed by atoms with van der Waals surface area (Å²) in [7, 11) is -2.57. The van der Waals surface area contributed by atoms with Crippen LogP contribution in [0, 0.1) is 5.92 Å². The number of nitrogens with one attached hydrogen (secondary N) is 1. The van der Waals surface area contributed by atoms with Crippen LogP contribution in [0.5, 0.6) is 0 Å². The number of rotatable bonds is 15. The molecular formula is C25H50N2O6Si. The summed E-state index contributed by atoms with van der Waals surface area (Å²) in [6, 6.07) is -0.276. The fourth-order valence-electron chi connectivity index (χ4n) is 4.66. The van der Waals surface area contributed by atoms with E-state index in [1.807, 2.05) is 54.6 Å². The number of amides is 1. The van der Waals surface area contributed by atoms with Crippen LogP contribution in [0.15, 0.2) is 0 Å². The fourth-order valence-corrected chi connectivity index (χ4v) is 7.15. The second-order valence-electron chi connectivity index (χ2n) is 11.9. The van der Waals surface area contributed by atoms with Gasteiger partial charge in [-0.05, 0) is 79.9 Å². The highest BCUT2D eigenvalue weighted by Crippen LogP contribution is 2.32. The van der Waals surface area contributed by atoms with E-state index in [1.54, 1.807) is 0 Å². The van der Waals surface area contributed by atoms with Crippen LogP contribution in [-0.2, 0) is 23.3 Å². The van der Waals surface area contributed by atoms with Gasteiger partial charge in [0.15, 0.2) is 0 Å². The molecule has 1 aliphatic rings. The highest BCUT2D eigenvalue weighted by molar-refractivity contribution is 6.64. The van der Waals surface area contributed by atoms with Gasteiger partial charge in [0.1, 0.15) is 0 Å². The average Bonchev–Trinajstić information content (AvgIpc) is 2.67. The summed E-state index contributed by atoms with van der Waals surface area (Å²) in [5.41, 5.74) is -0.875. The first-order valence-corrected chi connectivity index (χ1v) is 15.7. The minimum Gasteiger partial charge on any atom is -0.481 e. The summed E-state index contributed by atoms with van der Waals surface area (Å²) >= 11 is 0. The Kier molecular flexibility index (Phi) is 12.7. The van der Waals surface area contributed by atoms with Crippen molar-refractivity contribution < 1.29 is 28.4 Å². The molecule has 2 unspecified atom stereocenters. The van der Waals surface area contributed by atoms with Crippen molar-refractivity contribution in [1.82, 2.24) is 10.4 Å². The molecule has 0 aromatic rings. The molecule has 0 aliphatic heterocycles. The zero-order chi connectivity index (χ0) is 26.0. The quantitative estimate of drug-likeness (QED) is 0.143. The maximum absolute atomic E-state index is 12.3. The summed E-state index contributed by atoms with van der Waals surface area (Å²) in [5.74, 6) is -0.293. The van der Waals surface area contributed by atoms with Gasteiger partial charge in [-0.3, -0.25) is 14.4 Å². The molecule has 200 valence electrons. The fraction of sp³-hybridized carbons (Fsp3) is 0.920. The average molecular weight is 503 g/mol. The van der Waals surface area contributed by atoms with Crippen LogP contribution >= 0.6 is 0 Å². The number of carbonyl (C=O) groups is 2. The predicted octanol–water partition coefficient (Wildman–Crippen LogP) is 4.87. The molecule has 1 aliphatic carbocycles. The number of nitrogens with zero attached hydrogens (tertiary/aromatic N) is 1. The molecule has 2 atom stereocenters. The Bertz CT molecular complexity index is 612. The molecule has 0 radical (unpaired) electrons. The van der Waals surface area contributed by atoms with Crippen molar-refractivity contribution in [2.24, 2.45) is 5.92 Å². The number of carbonyl (C=O) groups excluding carboxylic acids is 1. The smallest absolute Gasteiger partial charge is 0.332 e. The largest absolute Gasteiger partial charge is 0.481 e. The van der Waals surface area contributed by atoms with Gasteiger partial charge >= 0.3 is 14.5 Å². The topological polar surface area (TPSA) is 97.3 Å². The van der Waals surface area contributed by atoms with Gasteiger partial charge in [0.05, 0.1) is 23.3 Å². The first-order valence-electron chi connectivity index (χ1n) is 12.8. The Labute approximate surface area is 208 Å². The van der Waals surface area contributed by atoms with E-state index in [1.165, 1.54) is 24.3 Å². The molecule has 0 aromatic heterocycles. The summed E-state index contributed by atoms with van der Waals surface area (Å²) < 4.78 is 13.0. The Hall–Kier alpha value is -1.00. The van der Waals surface area contributed by atoms with Crippen molar-refractivity contribution in [3.8, 4) is 0 Å². The van der Waals surface area contributed by atoms with Gasteiger partial charge in [-0.25, -0.2) is 5.06 Å². The van der Waals surface area contributed by atoms with E-state index in [4.69, 9.17) is 18.8 Å². The Balaban J connectivity index is 3.15. The van der Waals surface area contributed by atoms with Crippen molar-refractivity contribution >= 4 is 20.9 Å². The minimum atomic E-state index is -2.57. The highest BCUT2D eigenvalue weighted by atomic mass is 28.4. The summed E-state index contributed by atoms with van der Waals surface area (Å²) in [5, 5.41) is 13.8.